The second-order valence-corrected chi connectivity index (χ2v) is 4.96. The molecule has 2 fully saturated rings. The summed E-state index contributed by atoms with van der Waals surface area (Å²) in [5, 5.41) is 2.85. The lowest BCUT2D eigenvalue weighted by Gasteiger charge is -2.28. The summed E-state index contributed by atoms with van der Waals surface area (Å²) in [5.74, 6) is 3.62. The second-order valence-electron chi connectivity index (χ2n) is 3.81. The highest BCUT2D eigenvalue weighted by Gasteiger charge is 2.22. The van der Waals surface area contributed by atoms with Crippen molar-refractivity contribution < 1.29 is 4.79 Å². The van der Waals surface area contributed by atoms with E-state index in [1.54, 1.807) is 0 Å². The van der Waals surface area contributed by atoms with Crippen LogP contribution in [-0.4, -0.2) is 48.5 Å². The number of nitrogens with one attached hydrogen (secondary N) is 1. The van der Waals surface area contributed by atoms with Crippen LogP contribution in [0, 0.1) is 5.92 Å². The van der Waals surface area contributed by atoms with Crippen LogP contribution in [0.15, 0.2) is 0 Å². The fourth-order valence-electron chi connectivity index (χ4n) is 1.94. The van der Waals surface area contributed by atoms with E-state index < -0.39 is 0 Å². The standard InChI is InChI=1S/C9H16N2OS/c12-9-6-11(3-2-10-9)5-8-1-4-13-7-8/h8H,1-7H2,(H,10,12). The van der Waals surface area contributed by atoms with Crippen molar-refractivity contribution in [3.05, 3.63) is 0 Å². The lowest BCUT2D eigenvalue weighted by molar-refractivity contribution is -0.124. The molecule has 0 aromatic carbocycles. The van der Waals surface area contributed by atoms with E-state index in [-0.39, 0.29) is 5.91 Å². The molecule has 0 aromatic rings. The molecule has 2 aliphatic rings. The predicted molar refractivity (Wildman–Crippen MR) is 54.9 cm³/mol. The minimum absolute atomic E-state index is 0.192. The number of thioether (sulfide) groups is 1. The summed E-state index contributed by atoms with van der Waals surface area (Å²) >= 11 is 2.04. The summed E-state index contributed by atoms with van der Waals surface area (Å²) in [6, 6.07) is 0. The summed E-state index contributed by atoms with van der Waals surface area (Å²) in [6.07, 6.45) is 1.34. The highest BCUT2D eigenvalue weighted by atomic mass is 32.2. The number of nitrogens with zero attached hydrogens (tertiary/aromatic N) is 1. The average Bonchev–Trinajstić information content (AvgIpc) is 2.57. The third-order valence-corrected chi connectivity index (χ3v) is 3.89. The molecule has 13 heavy (non-hydrogen) atoms. The zero-order valence-electron chi connectivity index (χ0n) is 7.79. The molecule has 1 amide bonds. The van der Waals surface area contributed by atoms with Gasteiger partial charge in [-0.2, -0.15) is 11.8 Å². The summed E-state index contributed by atoms with van der Waals surface area (Å²) < 4.78 is 0. The Labute approximate surface area is 83.2 Å². The zero-order valence-corrected chi connectivity index (χ0v) is 8.61. The summed E-state index contributed by atoms with van der Waals surface area (Å²) in [5.41, 5.74) is 0. The first-order valence-corrected chi connectivity index (χ1v) is 6.07. The molecule has 74 valence electrons. The molecule has 0 saturated carbocycles. The summed E-state index contributed by atoms with van der Waals surface area (Å²) in [7, 11) is 0. The van der Waals surface area contributed by atoms with Crippen molar-refractivity contribution in [2.75, 3.05) is 37.7 Å². The van der Waals surface area contributed by atoms with Crippen molar-refractivity contribution in [1.29, 1.82) is 0 Å². The van der Waals surface area contributed by atoms with E-state index in [4.69, 9.17) is 0 Å². The highest BCUT2D eigenvalue weighted by Crippen LogP contribution is 2.24. The fraction of sp³-hybridized carbons (Fsp3) is 0.889. The Hall–Kier alpha value is -0.220. The molecule has 0 spiro atoms. The van der Waals surface area contributed by atoms with E-state index in [1.807, 2.05) is 11.8 Å². The van der Waals surface area contributed by atoms with Crippen LogP contribution in [0.2, 0.25) is 0 Å². The molecule has 1 unspecified atom stereocenters. The van der Waals surface area contributed by atoms with Gasteiger partial charge >= 0.3 is 0 Å². The first kappa shape index (κ1) is 9.34. The molecule has 2 rings (SSSR count). The van der Waals surface area contributed by atoms with Gasteiger partial charge in [0.1, 0.15) is 0 Å². The van der Waals surface area contributed by atoms with Gasteiger partial charge in [-0.15, -0.1) is 0 Å². The van der Waals surface area contributed by atoms with Gasteiger partial charge in [-0.05, 0) is 23.8 Å². The van der Waals surface area contributed by atoms with Crippen LogP contribution in [0.3, 0.4) is 0 Å². The third kappa shape index (κ3) is 2.61. The second kappa shape index (κ2) is 4.33. The SMILES string of the molecule is O=C1CN(CC2CCSC2)CCN1. The maximum atomic E-state index is 11.1. The lowest BCUT2D eigenvalue weighted by Crippen LogP contribution is -2.48. The molecular weight excluding hydrogens is 184 g/mol. The van der Waals surface area contributed by atoms with E-state index in [0.29, 0.717) is 6.54 Å². The van der Waals surface area contributed by atoms with Gasteiger partial charge in [0, 0.05) is 19.6 Å². The van der Waals surface area contributed by atoms with Crippen molar-refractivity contribution >= 4 is 17.7 Å². The molecule has 0 aliphatic carbocycles. The van der Waals surface area contributed by atoms with Gasteiger partial charge in [0.05, 0.1) is 6.54 Å². The van der Waals surface area contributed by atoms with Crippen molar-refractivity contribution in [2.45, 2.75) is 6.42 Å². The number of carbonyl (C=O) groups excluding carboxylic acids is 1. The van der Waals surface area contributed by atoms with Gasteiger partial charge in [0.2, 0.25) is 5.91 Å². The molecule has 0 bridgehead atoms. The average molecular weight is 200 g/mol. The zero-order chi connectivity index (χ0) is 9.10. The quantitative estimate of drug-likeness (QED) is 0.690. The Morgan fingerprint density at radius 3 is 3.23 bits per heavy atom. The molecule has 2 heterocycles. The topological polar surface area (TPSA) is 32.3 Å². The molecule has 2 aliphatic heterocycles. The Balaban J connectivity index is 1.76. The van der Waals surface area contributed by atoms with Gasteiger partial charge in [0.25, 0.3) is 0 Å². The molecule has 0 radical (unpaired) electrons. The Kier molecular flexibility index (Phi) is 3.11. The lowest BCUT2D eigenvalue weighted by atomic mass is 10.1. The minimum Gasteiger partial charge on any atom is -0.354 e. The van der Waals surface area contributed by atoms with Crippen molar-refractivity contribution in [3.8, 4) is 0 Å². The highest BCUT2D eigenvalue weighted by molar-refractivity contribution is 7.99. The van der Waals surface area contributed by atoms with Gasteiger partial charge in [-0.25, -0.2) is 0 Å². The third-order valence-electron chi connectivity index (χ3n) is 2.66. The van der Waals surface area contributed by atoms with Crippen LogP contribution in [0.1, 0.15) is 6.42 Å². The molecular formula is C9H16N2OS. The van der Waals surface area contributed by atoms with Crippen LogP contribution in [0.25, 0.3) is 0 Å². The molecule has 3 nitrogen and oxygen atoms in total. The minimum atomic E-state index is 0.192. The van der Waals surface area contributed by atoms with E-state index in [2.05, 4.69) is 10.2 Å². The van der Waals surface area contributed by atoms with Crippen LogP contribution >= 0.6 is 11.8 Å². The molecule has 1 N–H and O–H groups in total. The first-order valence-electron chi connectivity index (χ1n) is 4.91. The van der Waals surface area contributed by atoms with Gasteiger partial charge in [-0.3, -0.25) is 9.69 Å². The number of piperazine rings is 1. The van der Waals surface area contributed by atoms with E-state index in [1.165, 1.54) is 17.9 Å². The van der Waals surface area contributed by atoms with Crippen LogP contribution in [0.5, 0.6) is 0 Å². The van der Waals surface area contributed by atoms with Gasteiger partial charge < -0.3 is 5.32 Å². The summed E-state index contributed by atoms with van der Waals surface area (Å²) in [6.45, 7) is 3.60. The smallest absolute Gasteiger partial charge is 0.234 e. The normalized spacial score (nSPS) is 30.5. The Morgan fingerprint density at radius 1 is 1.62 bits per heavy atom. The molecule has 4 heteroatoms. The maximum Gasteiger partial charge on any atom is 0.234 e. The first-order chi connectivity index (χ1) is 6.34. The van der Waals surface area contributed by atoms with Crippen LogP contribution in [0.4, 0.5) is 0 Å². The number of hydrogen-bond acceptors (Lipinski definition) is 3. The summed E-state index contributed by atoms with van der Waals surface area (Å²) in [4.78, 5) is 13.4. The monoisotopic (exact) mass is 200 g/mol. The van der Waals surface area contributed by atoms with Crippen molar-refractivity contribution in [3.63, 3.8) is 0 Å². The van der Waals surface area contributed by atoms with Crippen LogP contribution in [-0.2, 0) is 4.79 Å². The Morgan fingerprint density at radius 2 is 2.54 bits per heavy atom. The van der Waals surface area contributed by atoms with E-state index in [0.717, 1.165) is 25.6 Å². The van der Waals surface area contributed by atoms with Crippen LogP contribution < -0.4 is 5.32 Å². The van der Waals surface area contributed by atoms with Crippen molar-refractivity contribution in [1.82, 2.24) is 10.2 Å². The Bertz CT molecular complexity index is 192. The van der Waals surface area contributed by atoms with Gasteiger partial charge in [-0.1, -0.05) is 0 Å². The van der Waals surface area contributed by atoms with Gasteiger partial charge in [0.15, 0.2) is 0 Å². The molecule has 0 aromatic heterocycles. The largest absolute Gasteiger partial charge is 0.354 e. The number of hydrogen-bond donors (Lipinski definition) is 1. The number of amides is 1. The van der Waals surface area contributed by atoms with Crippen molar-refractivity contribution in [2.24, 2.45) is 5.92 Å². The molecule has 1 atom stereocenters. The number of rotatable bonds is 2. The van der Waals surface area contributed by atoms with E-state index in [9.17, 15) is 4.79 Å². The van der Waals surface area contributed by atoms with E-state index >= 15 is 0 Å². The maximum absolute atomic E-state index is 11.1. The molecule has 2 saturated heterocycles. The predicted octanol–water partition coefficient (Wildman–Crippen LogP) is 0.171. The fourth-order valence-corrected chi connectivity index (χ4v) is 3.21. The number of carbonyl (C=O) groups is 1.